The number of aliphatic imine (C=N–C) groups is 1. The molecule has 0 aromatic heterocycles. The summed E-state index contributed by atoms with van der Waals surface area (Å²) < 4.78 is 0. The Morgan fingerprint density at radius 3 is 2.50 bits per heavy atom. The molecule has 1 aliphatic heterocycles. The molecule has 1 aromatic rings. The fourth-order valence-electron chi connectivity index (χ4n) is 3.28. The topological polar surface area (TPSA) is 51.7 Å². The Morgan fingerprint density at radius 2 is 1.81 bits per heavy atom. The van der Waals surface area contributed by atoms with E-state index >= 15 is 0 Å². The van der Waals surface area contributed by atoms with Gasteiger partial charge in [0.2, 0.25) is 0 Å². The van der Waals surface area contributed by atoms with Gasteiger partial charge in [-0.1, -0.05) is 24.6 Å². The molecular weight excluding hydrogens is 437 g/mol. The summed E-state index contributed by atoms with van der Waals surface area (Å²) in [6.07, 6.45) is 6.33. The SMILES string of the molecule is CN=C(NCCCNc1ccccc1)NCCCN1CCCCC1C.I. The number of nitrogens with one attached hydrogen (secondary N) is 3. The molecule has 0 saturated carbocycles. The van der Waals surface area contributed by atoms with Gasteiger partial charge in [0.05, 0.1) is 0 Å². The monoisotopic (exact) mass is 473 g/mol. The maximum Gasteiger partial charge on any atom is 0.190 e. The number of piperidine rings is 1. The minimum atomic E-state index is 0. The lowest BCUT2D eigenvalue weighted by molar-refractivity contribution is 0.159. The van der Waals surface area contributed by atoms with Crippen molar-refractivity contribution in [2.75, 3.05) is 45.1 Å². The Hall–Kier alpha value is -1.02. The van der Waals surface area contributed by atoms with E-state index in [1.807, 2.05) is 13.1 Å². The highest BCUT2D eigenvalue weighted by Gasteiger charge is 2.16. The standard InChI is InChI=1S/C20H35N5.HI/c1-18-10-6-7-16-25(18)17-9-15-24-20(21-2)23-14-8-13-22-19-11-4-3-5-12-19;/h3-5,11-12,18,22H,6-10,13-17H2,1-2H3,(H2,21,23,24);1H. The zero-order chi connectivity index (χ0) is 17.7. The second-order valence-electron chi connectivity index (χ2n) is 6.81. The van der Waals surface area contributed by atoms with E-state index < -0.39 is 0 Å². The largest absolute Gasteiger partial charge is 0.385 e. The highest BCUT2D eigenvalue weighted by atomic mass is 127. The van der Waals surface area contributed by atoms with Crippen LogP contribution < -0.4 is 16.0 Å². The second-order valence-corrected chi connectivity index (χ2v) is 6.81. The number of likely N-dealkylation sites (tertiary alicyclic amines) is 1. The van der Waals surface area contributed by atoms with E-state index in [4.69, 9.17) is 0 Å². The van der Waals surface area contributed by atoms with Crippen LogP contribution in [0.15, 0.2) is 35.3 Å². The van der Waals surface area contributed by atoms with Gasteiger partial charge in [-0.05, 0) is 51.3 Å². The number of halogens is 1. The van der Waals surface area contributed by atoms with Crippen molar-refractivity contribution in [1.82, 2.24) is 15.5 Å². The van der Waals surface area contributed by atoms with E-state index in [2.05, 4.69) is 57.0 Å². The Balaban J connectivity index is 0.00000338. The highest BCUT2D eigenvalue weighted by Crippen LogP contribution is 2.15. The number of para-hydroxylation sites is 1. The zero-order valence-electron chi connectivity index (χ0n) is 16.3. The van der Waals surface area contributed by atoms with Gasteiger partial charge in [0, 0.05) is 45.0 Å². The van der Waals surface area contributed by atoms with Gasteiger partial charge < -0.3 is 20.9 Å². The predicted molar refractivity (Wildman–Crippen MR) is 124 cm³/mol. The molecule has 1 unspecified atom stereocenters. The second kappa shape index (κ2) is 14.1. The zero-order valence-corrected chi connectivity index (χ0v) is 18.7. The number of benzene rings is 1. The minimum Gasteiger partial charge on any atom is -0.385 e. The first-order valence-electron chi connectivity index (χ1n) is 9.77. The summed E-state index contributed by atoms with van der Waals surface area (Å²) >= 11 is 0. The van der Waals surface area contributed by atoms with Gasteiger partial charge >= 0.3 is 0 Å². The molecule has 1 fully saturated rings. The van der Waals surface area contributed by atoms with Crippen LogP contribution in [0, 0.1) is 0 Å². The van der Waals surface area contributed by atoms with Crippen molar-refractivity contribution in [2.45, 2.75) is 45.1 Å². The van der Waals surface area contributed by atoms with Gasteiger partial charge in [0.1, 0.15) is 0 Å². The van der Waals surface area contributed by atoms with Crippen LogP contribution in [0.5, 0.6) is 0 Å². The van der Waals surface area contributed by atoms with E-state index in [9.17, 15) is 0 Å². The third-order valence-electron chi connectivity index (χ3n) is 4.83. The van der Waals surface area contributed by atoms with Crippen molar-refractivity contribution in [3.63, 3.8) is 0 Å². The summed E-state index contributed by atoms with van der Waals surface area (Å²) in [6, 6.07) is 11.1. The highest BCUT2D eigenvalue weighted by molar-refractivity contribution is 14.0. The molecular formula is C20H36IN5. The summed E-state index contributed by atoms with van der Waals surface area (Å²) in [7, 11) is 1.84. The maximum atomic E-state index is 4.30. The molecule has 0 aliphatic carbocycles. The van der Waals surface area contributed by atoms with E-state index in [1.165, 1.54) is 44.5 Å². The van der Waals surface area contributed by atoms with Crippen molar-refractivity contribution >= 4 is 35.6 Å². The lowest BCUT2D eigenvalue weighted by Gasteiger charge is -2.33. The third kappa shape index (κ3) is 9.07. The fourth-order valence-corrected chi connectivity index (χ4v) is 3.28. The lowest BCUT2D eigenvalue weighted by Crippen LogP contribution is -2.41. The smallest absolute Gasteiger partial charge is 0.190 e. The predicted octanol–water partition coefficient (Wildman–Crippen LogP) is 3.54. The Kier molecular flexibility index (Phi) is 12.5. The van der Waals surface area contributed by atoms with E-state index in [0.717, 1.165) is 38.1 Å². The van der Waals surface area contributed by atoms with E-state index in [-0.39, 0.29) is 24.0 Å². The van der Waals surface area contributed by atoms with Crippen molar-refractivity contribution in [2.24, 2.45) is 4.99 Å². The van der Waals surface area contributed by atoms with Crippen LogP contribution in [-0.2, 0) is 0 Å². The van der Waals surface area contributed by atoms with Crippen LogP contribution in [0.4, 0.5) is 5.69 Å². The van der Waals surface area contributed by atoms with Crippen LogP contribution in [0.2, 0.25) is 0 Å². The Morgan fingerprint density at radius 1 is 1.08 bits per heavy atom. The molecule has 2 rings (SSSR count). The van der Waals surface area contributed by atoms with Gasteiger partial charge in [-0.25, -0.2) is 0 Å². The number of nitrogens with zero attached hydrogens (tertiary/aromatic N) is 2. The average Bonchev–Trinajstić information content (AvgIpc) is 2.65. The molecule has 0 amide bonds. The summed E-state index contributed by atoms with van der Waals surface area (Å²) in [5.41, 5.74) is 1.18. The Labute approximate surface area is 176 Å². The molecule has 5 nitrogen and oxygen atoms in total. The molecule has 0 bridgehead atoms. The van der Waals surface area contributed by atoms with Crippen LogP contribution >= 0.6 is 24.0 Å². The molecule has 3 N–H and O–H groups in total. The number of hydrogen-bond donors (Lipinski definition) is 3. The molecule has 1 aliphatic rings. The number of guanidine groups is 1. The molecule has 6 heteroatoms. The van der Waals surface area contributed by atoms with Gasteiger partial charge in [0.15, 0.2) is 5.96 Å². The molecule has 0 radical (unpaired) electrons. The van der Waals surface area contributed by atoms with Gasteiger partial charge in [0.25, 0.3) is 0 Å². The number of hydrogen-bond acceptors (Lipinski definition) is 3. The fraction of sp³-hybridized carbons (Fsp3) is 0.650. The van der Waals surface area contributed by atoms with Crippen molar-refractivity contribution < 1.29 is 0 Å². The Bertz CT molecular complexity index is 494. The summed E-state index contributed by atoms with van der Waals surface area (Å²) in [6.45, 7) is 7.67. The van der Waals surface area contributed by atoms with Crippen molar-refractivity contribution in [1.29, 1.82) is 0 Å². The van der Waals surface area contributed by atoms with E-state index in [1.54, 1.807) is 0 Å². The van der Waals surface area contributed by atoms with Gasteiger partial charge in [-0.3, -0.25) is 4.99 Å². The van der Waals surface area contributed by atoms with E-state index in [0.29, 0.717) is 0 Å². The molecule has 1 saturated heterocycles. The lowest BCUT2D eigenvalue weighted by atomic mass is 10.0. The summed E-state index contributed by atoms with van der Waals surface area (Å²) in [4.78, 5) is 6.93. The van der Waals surface area contributed by atoms with Crippen LogP contribution in [-0.4, -0.2) is 56.7 Å². The molecule has 148 valence electrons. The minimum absolute atomic E-state index is 0. The number of anilines is 1. The number of rotatable bonds is 9. The maximum absolute atomic E-state index is 4.30. The normalized spacial score (nSPS) is 18.1. The van der Waals surface area contributed by atoms with Crippen molar-refractivity contribution in [3.05, 3.63) is 30.3 Å². The first kappa shape index (κ1) is 23.0. The quantitative estimate of drug-likeness (QED) is 0.222. The first-order chi connectivity index (χ1) is 12.3. The molecule has 0 spiro atoms. The summed E-state index contributed by atoms with van der Waals surface area (Å²) in [5, 5.41) is 10.2. The third-order valence-corrected chi connectivity index (χ3v) is 4.83. The summed E-state index contributed by atoms with van der Waals surface area (Å²) in [5.74, 6) is 0.909. The first-order valence-corrected chi connectivity index (χ1v) is 9.77. The van der Waals surface area contributed by atoms with Gasteiger partial charge in [-0.2, -0.15) is 0 Å². The molecule has 26 heavy (non-hydrogen) atoms. The van der Waals surface area contributed by atoms with Crippen molar-refractivity contribution in [3.8, 4) is 0 Å². The van der Waals surface area contributed by atoms with Gasteiger partial charge in [-0.15, -0.1) is 24.0 Å². The molecule has 1 heterocycles. The molecule has 1 aromatic carbocycles. The molecule has 1 atom stereocenters. The van der Waals surface area contributed by atoms with Crippen LogP contribution in [0.3, 0.4) is 0 Å². The average molecular weight is 473 g/mol. The van der Waals surface area contributed by atoms with Crippen LogP contribution in [0.25, 0.3) is 0 Å². The van der Waals surface area contributed by atoms with Crippen LogP contribution in [0.1, 0.15) is 39.0 Å².